The number of carboxylic acids is 1. The Labute approximate surface area is 76.7 Å². The van der Waals surface area contributed by atoms with Gasteiger partial charge in [0.15, 0.2) is 0 Å². The smallest absolute Gasteiger partial charge is 0.313 e. The molecular weight excluding hydrogens is 168 g/mol. The second-order valence-corrected chi connectivity index (χ2v) is 3.45. The molecule has 0 radical (unpaired) electrons. The third-order valence-corrected chi connectivity index (χ3v) is 2.04. The highest BCUT2D eigenvalue weighted by atomic mass is 16.4. The van der Waals surface area contributed by atoms with Gasteiger partial charge in [0.2, 0.25) is 0 Å². The van der Waals surface area contributed by atoms with Crippen molar-refractivity contribution in [3.8, 4) is 0 Å². The summed E-state index contributed by atoms with van der Waals surface area (Å²) >= 11 is 0. The van der Waals surface area contributed by atoms with Gasteiger partial charge in [-0.2, -0.15) is 0 Å². The normalized spacial score (nSPS) is 11.3. The van der Waals surface area contributed by atoms with E-state index in [0.717, 1.165) is 0 Å². The Balaban J connectivity index is 3.08. The summed E-state index contributed by atoms with van der Waals surface area (Å²) in [7, 11) is 0. The van der Waals surface area contributed by atoms with Crippen LogP contribution in [0.1, 0.15) is 25.2 Å². The number of aliphatic carboxylic acids is 1. The molecule has 0 aliphatic rings. The van der Waals surface area contributed by atoms with Gasteiger partial charge in [-0.1, -0.05) is 0 Å². The van der Waals surface area contributed by atoms with Gasteiger partial charge in [0.25, 0.3) is 0 Å². The Bertz CT molecular complexity index is 317. The molecule has 13 heavy (non-hydrogen) atoms. The fourth-order valence-corrected chi connectivity index (χ4v) is 0.839. The van der Waals surface area contributed by atoms with Crippen molar-refractivity contribution in [1.29, 1.82) is 0 Å². The molecule has 0 bridgehead atoms. The summed E-state index contributed by atoms with van der Waals surface area (Å²) in [5, 5.41) is 8.91. The molecule has 0 spiro atoms. The maximum Gasteiger partial charge on any atom is 0.313 e. The molecule has 0 unspecified atom stereocenters. The number of rotatable bonds is 2. The van der Waals surface area contributed by atoms with E-state index >= 15 is 0 Å². The molecule has 0 fully saturated rings. The monoisotopic (exact) mass is 180 g/mol. The zero-order valence-electron chi connectivity index (χ0n) is 7.90. The zero-order chi connectivity index (χ0) is 10.1. The van der Waals surface area contributed by atoms with Crippen molar-refractivity contribution >= 4 is 5.97 Å². The molecule has 4 heteroatoms. The lowest BCUT2D eigenvalue weighted by Crippen LogP contribution is -2.28. The maximum atomic E-state index is 10.9. The van der Waals surface area contributed by atoms with Gasteiger partial charge in [-0.15, -0.1) is 0 Å². The molecule has 1 aromatic heterocycles. The molecule has 0 aliphatic heterocycles. The number of hydrogen-bond donors (Lipinski definition) is 1. The van der Waals surface area contributed by atoms with Crippen molar-refractivity contribution in [2.45, 2.75) is 26.2 Å². The van der Waals surface area contributed by atoms with Crippen molar-refractivity contribution in [3.05, 3.63) is 23.8 Å². The highest BCUT2D eigenvalue weighted by Crippen LogP contribution is 2.21. The van der Waals surface area contributed by atoms with Crippen LogP contribution in [-0.2, 0) is 10.2 Å². The van der Waals surface area contributed by atoms with Crippen LogP contribution >= 0.6 is 0 Å². The molecule has 1 N–H and O–H groups in total. The first kappa shape index (κ1) is 9.64. The number of aryl methyl sites for hydroxylation is 1. The number of carboxylic acid groups (broad SMARTS) is 1. The van der Waals surface area contributed by atoms with Gasteiger partial charge in [-0.05, 0) is 20.8 Å². The second kappa shape index (κ2) is 3.12. The average molecular weight is 180 g/mol. The minimum absolute atomic E-state index is 0.616. The van der Waals surface area contributed by atoms with Crippen LogP contribution in [0.2, 0.25) is 0 Å². The molecule has 1 aromatic rings. The highest BCUT2D eigenvalue weighted by molar-refractivity contribution is 5.79. The van der Waals surface area contributed by atoms with Gasteiger partial charge in [0.05, 0.1) is 5.41 Å². The van der Waals surface area contributed by atoms with E-state index < -0.39 is 11.4 Å². The van der Waals surface area contributed by atoms with Crippen molar-refractivity contribution in [2.24, 2.45) is 0 Å². The van der Waals surface area contributed by atoms with Crippen LogP contribution in [0.3, 0.4) is 0 Å². The lowest BCUT2D eigenvalue weighted by molar-refractivity contribution is -0.142. The Morgan fingerprint density at radius 2 is 1.85 bits per heavy atom. The fourth-order valence-electron chi connectivity index (χ4n) is 0.839. The van der Waals surface area contributed by atoms with E-state index in [1.807, 2.05) is 0 Å². The van der Waals surface area contributed by atoms with Crippen LogP contribution in [-0.4, -0.2) is 21.0 Å². The molecule has 0 aliphatic carbocycles. The van der Waals surface area contributed by atoms with Crippen LogP contribution in [0.25, 0.3) is 0 Å². The molecule has 1 rings (SSSR count). The van der Waals surface area contributed by atoms with Crippen LogP contribution in [0.5, 0.6) is 0 Å². The van der Waals surface area contributed by atoms with E-state index in [2.05, 4.69) is 9.97 Å². The number of carbonyl (C=O) groups is 1. The minimum Gasteiger partial charge on any atom is -0.481 e. The average Bonchev–Trinajstić information content (AvgIpc) is 2.04. The minimum atomic E-state index is -0.923. The largest absolute Gasteiger partial charge is 0.481 e. The van der Waals surface area contributed by atoms with Gasteiger partial charge in [0.1, 0.15) is 5.82 Å². The van der Waals surface area contributed by atoms with E-state index in [0.29, 0.717) is 11.4 Å². The fraction of sp³-hybridized carbons (Fsp3) is 0.444. The molecule has 70 valence electrons. The van der Waals surface area contributed by atoms with E-state index in [4.69, 9.17) is 5.11 Å². The second-order valence-electron chi connectivity index (χ2n) is 3.45. The number of aromatic nitrogens is 2. The lowest BCUT2D eigenvalue weighted by atomic mass is 9.87. The molecule has 0 atom stereocenters. The van der Waals surface area contributed by atoms with Crippen LogP contribution in [0.15, 0.2) is 12.4 Å². The summed E-state index contributed by atoms with van der Waals surface area (Å²) in [6, 6.07) is 0. The standard InChI is InChI=1S/C9H12N2O2/c1-6-10-4-7(5-11-6)9(2,3)8(12)13/h4-5H,1-3H3,(H,12,13). The Morgan fingerprint density at radius 3 is 2.23 bits per heavy atom. The van der Waals surface area contributed by atoms with E-state index in [1.54, 1.807) is 33.2 Å². The zero-order valence-corrected chi connectivity index (χ0v) is 7.90. The Morgan fingerprint density at radius 1 is 1.38 bits per heavy atom. The molecule has 0 aromatic carbocycles. The van der Waals surface area contributed by atoms with Gasteiger partial charge in [0, 0.05) is 18.0 Å². The molecule has 1 heterocycles. The maximum absolute atomic E-state index is 10.9. The summed E-state index contributed by atoms with van der Waals surface area (Å²) in [4.78, 5) is 18.8. The molecule has 0 saturated heterocycles. The third-order valence-electron chi connectivity index (χ3n) is 2.04. The summed E-state index contributed by atoms with van der Waals surface area (Å²) in [6.45, 7) is 5.02. The topological polar surface area (TPSA) is 63.1 Å². The van der Waals surface area contributed by atoms with Crippen molar-refractivity contribution in [2.75, 3.05) is 0 Å². The van der Waals surface area contributed by atoms with Gasteiger partial charge >= 0.3 is 5.97 Å². The molecule has 0 amide bonds. The van der Waals surface area contributed by atoms with Crippen molar-refractivity contribution < 1.29 is 9.90 Å². The predicted molar refractivity (Wildman–Crippen MR) is 47.4 cm³/mol. The SMILES string of the molecule is Cc1ncc(C(C)(C)C(=O)O)cn1. The third kappa shape index (κ3) is 1.83. The summed E-state index contributed by atoms with van der Waals surface area (Å²) < 4.78 is 0. The lowest BCUT2D eigenvalue weighted by Gasteiger charge is -2.18. The summed E-state index contributed by atoms with van der Waals surface area (Å²) in [5.74, 6) is -0.232. The van der Waals surface area contributed by atoms with Crippen molar-refractivity contribution in [1.82, 2.24) is 9.97 Å². The first-order valence-corrected chi connectivity index (χ1v) is 3.97. The number of nitrogens with zero attached hydrogens (tertiary/aromatic N) is 2. The first-order valence-electron chi connectivity index (χ1n) is 3.97. The molecule has 0 saturated carbocycles. The molecule has 4 nitrogen and oxygen atoms in total. The van der Waals surface area contributed by atoms with Crippen LogP contribution in [0.4, 0.5) is 0 Å². The van der Waals surface area contributed by atoms with E-state index in [1.165, 1.54) is 0 Å². The van der Waals surface area contributed by atoms with Gasteiger partial charge < -0.3 is 5.11 Å². The van der Waals surface area contributed by atoms with E-state index in [9.17, 15) is 4.79 Å². The Hall–Kier alpha value is -1.45. The number of hydrogen-bond acceptors (Lipinski definition) is 3. The first-order chi connectivity index (χ1) is 5.94. The quantitative estimate of drug-likeness (QED) is 0.741. The van der Waals surface area contributed by atoms with Gasteiger partial charge in [-0.25, -0.2) is 9.97 Å². The predicted octanol–water partition coefficient (Wildman–Crippen LogP) is 1.15. The van der Waals surface area contributed by atoms with Crippen LogP contribution in [0, 0.1) is 6.92 Å². The Kier molecular flexibility index (Phi) is 2.32. The highest BCUT2D eigenvalue weighted by Gasteiger charge is 2.29. The van der Waals surface area contributed by atoms with Gasteiger partial charge in [-0.3, -0.25) is 4.79 Å². The molecular formula is C9H12N2O2. The summed E-state index contributed by atoms with van der Waals surface area (Å²) in [5.41, 5.74) is -0.307. The van der Waals surface area contributed by atoms with Crippen LogP contribution < -0.4 is 0 Å². The van der Waals surface area contributed by atoms with E-state index in [-0.39, 0.29) is 0 Å². The van der Waals surface area contributed by atoms with Crippen molar-refractivity contribution in [3.63, 3.8) is 0 Å². The summed E-state index contributed by atoms with van der Waals surface area (Å²) in [6.07, 6.45) is 3.10.